The average Bonchev–Trinajstić information content (AvgIpc) is 3.73. The number of furan rings is 1. The number of carbonyl (C=O) groups excluding carboxylic acids is 1. The van der Waals surface area contributed by atoms with Crippen molar-refractivity contribution in [2.45, 2.75) is 29.4 Å². The zero-order chi connectivity index (χ0) is 37.3. The Kier molecular flexibility index (Phi) is 9.77. The van der Waals surface area contributed by atoms with Crippen LogP contribution >= 0.6 is 23.1 Å². The highest BCUT2D eigenvalue weighted by Gasteiger charge is 2.35. The Balaban J connectivity index is 1.27. The van der Waals surface area contributed by atoms with Crippen molar-refractivity contribution in [1.29, 1.82) is 0 Å². The second kappa shape index (κ2) is 14.6. The van der Waals surface area contributed by atoms with Crippen LogP contribution in [0.25, 0.3) is 17.3 Å². The van der Waals surface area contributed by atoms with Crippen LogP contribution in [0.2, 0.25) is 0 Å². The van der Waals surface area contributed by atoms with E-state index in [0.29, 0.717) is 38.8 Å². The van der Waals surface area contributed by atoms with Crippen molar-refractivity contribution in [3.8, 4) is 22.8 Å². The summed E-state index contributed by atoms with van der Waals surface area (Å²) in [5.74, 6) is 0.717. The number of fused-ring (bicyclic) bond motifs is 1. The fourth-order valence-corrected chi connectivity index (χ4v) is 7.50. The third-order valence-electron chi connectivity index (χ3n) is 8.17. The summed E-state index contributed by atoms with van der Waals surface area (Å²) in [4.78, 5) is 41.3. The van der Waals surface area contributed by atoms with Crippen LogP contribution in [0.1, 0.15) is 30.0 Å². The molecule has 1 aliphatic rings. The molecule has 0 fully saturated rings. The molecule has 15 heteroatoms. The maximum atomic E-state index is 14.2. The first-order valence-corrected chi connectivity index (χ1v) is 17.6. The van der Waals surface area contributed by atoms with Gasteiger partial charge in [-0.25, -0.2) is 15.0 Å². The summed E-state index contributed by atoms with van der Waals surface area (Å²) in [7, 11) is 3.01. The van der Waals surface area contributed by atoms with E-state index in [0.717, 1.165) is 29.2 Å². The molecule has 3 aromatic carbocycles. The minimum atomic E-state index is -4.70. The number of rotatable bonds is 9. The first-order chi connectivity index (χ1) is 25.5. The summed E-state index contributed by atoms with van der Waals surface area (Å²) in [6.07, 6.45) is -3.18. The molecule has 1 N–H and O–H groups in total. The Morgan fingerprint density at radius 1 is 0.962 bits per heavy atom. The molecule has 1 amide bonds. The van der Waals surface area contributed by atoms with E-state index in [9.17, 15) is 22.8 Å². The van der Waals surface area contributed by atoms with Gasteiger partial charge in [0.15, 0.2) is 15.1 Å². The van der Waals surface area contributed by atoms with Crippen LogP contribution in [-0.2, 0) is 11.0 Å². The number of nitrogens with one attached hydrogen (secondary N) is 1. The number of methoxy groups -OCH3 is 2. The quantitative estimate of drug-likeness (QED) is 0.155. The van der Waals surface area contributed by atoms with Crippen molar-refractivity contribution in [3.63, 3.8) is 0 Å². The number of alkyl halides is 3. The topological polar surface area (TPSA) is 121 Å². The van der Waals surface area contributed by atoms with Crippen LogP contribution in [0, 0.1) is 0 Å². The van der Waals surface area contributed by atoms with Gasteiger partial charge in [0.05, 0.1) is 35.7 Å². The lowest BCUT2D eigenvalue weighted by Crippen LogP contribution is -2.40. The van der Waals surface area contributed by atoms with Gasteiger partial charge >= 0.3 is 6.18 Å². The van der Waals surface area contributed by atoms with E-state index in [1.165, 1.54) is 24.9 Å². The third kappa shape index (κ3) is 7.39. The van der Waals surface area contributed by atoms with Crippen LogP contribution in [0.5, 0.6) is 11.5 Å². The molecule has 53 heavy (non-hydrogen) atoms. The number of aromatic nitrogens is 3. The number of thiazole rings is 1. The molecule has 10 nitrogen and oxygen atoms in total. The minimum Gasteiger partial charge on any atom is -0.497 e. The van der Waals surface area contributed by atoms with E-state index in [1.807, 2.05) is 6.07 Å². The highest BCUT2D eigenvalue weighted by Crippen LogP contribution is 2.38. The van der Waals surface area contributed by atoms with Crippen molar-refractivity contribution in [3.05, 3.63) is 145 Å². The summed E-state index contributed by atoms with van der Waals surface area (Å²) >= 11 is 1.91. The molecule has 0 saturated carbocycles. The number of ether oxygens (including phenoxy) is 2. The molecule has 0 radical (unpaired) electrons. The minimum absolute atomic E-state index is 0.110. The number of carbonyl (C=O) groups is 1. The van der Waals surface area contributed by atoms with Crippen LogP contribution in [0.4, 0.5) is 18.9 Å². The average molecular weight is 756 g/mol. The van der Waals surface area contributed by atoms with Gasteiger partial charge in [-0.2, -0.15) is 13.2 Å². The second-order valence-corrected chi connectivity index (χ2v) is 13.5. The standard InChI is InChI=1S/C38H28F3N5O5S2/c1-21-32(34(47)43-23-12-8-5-9-13-23)33(26-16-14-24(49-2)18-28(26)50-3)46-35(48)29(52-37(46)42-21)19-25-15-17-31(51-25)53-36-44-27(22-10-6-4-7-11-22)20-30(45-36)38(39,40)41/h4-20,33H,1-3H3,(H,43,47)/b29-19+/t33-/m0/s1. The van der Waals surface area contributed by atoms with E-state index in [-0.39, 0.29) is 31.8 Å². The maximum Gasteiger partial charge on any atom is 0.433 e. The molecule has 6 aromatic rings. The number of para-hydroxylation sites is 1. The van der Waals surface area contributed by atoms with Crippen molar-refractivity contribution < 1.29 is 31.9 Å². The van der Waals surface area contributed by atoms with Gasteiger partial charge in [-0.3, -0.25) is 14.2 Å². The largest absolute Gasteiger partial charge is 0.497 e. The van der Waals surface area contributed by atoms with Gasteiger partial charge in [-0.05, 0) is 61.2 Å². The highest BCUT2D eigenvalue weighted by atomic mass is 32.2. The SMILES string of the molecule is COc1ccc([C@H]2C(C(=O)Nc3ccccc3)=C(C)N=c3s/c(=C/c4ccc(Sc5nc(-c6ccccc6)cc(C(F)(F)F)n5)o4)c(=O)n32)c(OC)c1. The van der Waals surface area contributed by atoms with Crippen LogP contribution in [0.3, 0.4) is 0 Å². The molecule has 1 atom stereocenters. The van der Waals surface area contributed by atoms with E-state index in [2.05, 4.69) is 20.3 Å². The third-order valence-corrected chi connectivity index (χ3v) is 9.93. The fourth-order valence-electron chi connectivity index (χ4n) is 5.73. The fraction of sp³-hybridized carbons (Fsp3) is 0.132. The molecule has 268 valence electrons. The molecule has 7 rings (SSSR count). The molecule has 4 heterocycles. The summed E-state index contributed by atoms with van der Waals surface area (Å²) in [5, 5.41) is 2.96. The Morgan fingerprint density at radius 2 is 1.70 bits per heavy atom. The first kappa shape index (κ1) is 35.5. The van der Waals surface area contributed by atoms with Crippen molar-refractivity contribution in [2.24, 2.45) is 4.99 Å². The lowest BCUT2D eigenvalue weighted by molar-refractivity contribution is -0.141. The number of amides is 1. The molecule has 0 unspecified atom stereocenters. The molecular formula is C38H28F3N5O5S2. The number of hydrogen-bond acceptors (Lipinski definition) is 10. The van der Waals surface area contributed by atoms with E-state index in [4.69, 9.17) is 13.9 Å². The summed E-state index contributed by atoms with van der Waals surface area (Å²) < 4.78 is 60.1. The predicted molar refractivity (Wildman–Crippen MR) is 194 cm³/mol. The van der Waals surface area contributed by atoms with E-state index in [1.54, 1.807) is 91.9 Å². The normalized spacial score (nSPS) is 14.5. The number of anilines is 1. The van der Waals surface area contributed by atoms with E-state index < -0.39 is 29.4 Å². The number of benzene rings is 3. The Morgan fingerprint density at radius 3 is 2.40 bits per heavy atom. The molecule has 0 bridgehead atoms. The summed E-state index contributed by atoms with van der Waals surface area (Å²) in [6, 6.07) is 25.7. The zero-order valence-electron chi connectivity index (χ0n) is 28.2. The van der Waals surface area contributed by atoms with Gasteiger partial charge in [0.1, 0.15) is 29.0 Å². The van der Waals surface area contributed by atoms with Gasteiger partial charge in [0, 0.05) is 29.0 Å². The summed E-state index contributed by atoms with van der Waals surface area (Å²) in [6.45, 7) is 1.70. The smallest absolute Gasteiger partial charge is 0.433 e. The molecular weight excluding hydrogens is 728 g/mol. The van der Waals surface area contributed by atoms with Crippen LogP contribution in [0.15, 0.2) is 133 Å². The van der Waals surface area contributed by atoms with E-state index >= 15 is 0 Å². The van der Waals surface area contributed by atoms with Crippen LogP contribution < -0.4 is 29.7 Å². The molecule has 1 aliphatic heterocycles. The van der Waals surface area contributed by atoms with Crippen molar-refractivity contribution in [1.82, 2.24) is 14.5 Å². The number of halogens is 3. The van der Waals surface area contributed by atoms with Gasteiger partial charge < -0.3 is 19.2 Å². The Bertz CT molecular complexity index is 2550. The maximum absolute atomic E-state index is 14.2. The number of hydrogen-bond donors (Lipinski definition) is 1. The Hall–Kier alpha value is -5.93. The molecule has 0 spiro atoms. The molecule has 3 aromatic heterocycles. The van der Waals surface area contributed by atoms with Gasteiger partial charge in [0.25, 0.3) is 11.5 Å². The first-order valence-electron chi connectivity index (χ1n) is 15.9. The highest BCUT2D eigenvalue weighted by molar-refractivity contribution is 7.99. The lowest BCUT2D eigenvalue weighted by atomic mass is 9.94. The second-order valence-electron chi connectivity index (χ2n) is 11.6. The molecule has 0 aliphatic carbocycles. The Labute approximate surface area is 308 Å². The van der Waals surface area contributed by atoms with Gasteiger partial charge in [0.2, 0.25) is 0 Å². The number of nitrogens with zero attached hydrogens (tertiary/aromatic N) is 4. The zero-order valence-corrected chi connectivity index (χ0v) is 29.8. The summed E-state index contributed by atoms with van der Waals surface area (Å²) in [5.41, 5.74) is 0.809. The van der Waals surface area contributed by atoms with Crippen molar-refractivity contribution >= 4 is 40.8 Å². The molecule has 0 saturated heterocycles. The van der Waals surface area contributed by atoms with Gasteiger partial charge in [-0.15, -0.1) is 0 Å². The van der Waals surface area contributed by atoms with Crippen molar-refractivity contribution in [2.75, 3.05) is 19.5 Å². The number of allylic oxidation sites excluding steroid dienone is 1. The van der Waals surface area contributed by atoms with Gasteiger partial charge in [-0.1, -0.05) is 59.9 Å². The lowest BCUT2D eigenvalue weighted by Gasteiger charge is -2.26. The van der Waals surface area contributed by atoms with Crippen LogP contribution in [-0.4, -0.2) is 34.7 Å². The predicted octanol–water partition coefficient (Wildman–Crippen LogP) is 7.11. The monoisotopic (exact) mass is 755 g/mol.